The smallest absolute Gasteiger partial charge is 0.410 e. The Kier molecular flexibility index (Phi) is 13.0. The van der Waals surface area contributed by atoms with Crippen molar-refractivity contribution in [1.29, 1.82) is 0 Å². The summed E-state index contributed by atoms with van der Waals surface area (Å²) >= 11 is 0. The molecule has 2 saturated heterocycles. The molecule has 0 aromatic carbocycles. The highest BCUT2D eigenvalue weighted by molar-refractivity contribution is 5.69. The molecule has 2 aliphatic rings. The van der Waals surface area contributed by atoms with Crippen LogP contribution in [0.1, 0.15) is 68.2 Å². The van der Waals surface area contributed by atoms with Crippen LogP contribution in [0.25, 0.3) is 11.0 Å². The molecule has 13 heteroatoms. The molecular weight excluding hydrogens is 604 g/mol. The van der Waals surface area contributed by atoms with Crippen molar-refractivity contribution in [2.75, 3.05) is 13.1 Å². The van der Waals surface area contributed by atoms with Gasteiger partial charge in [0.2, 0.25) is 0 Å². The van der Waals surface area contributed by atoms with Crippen molar-refractivity contribution in [3.63, 3.8) is 0 Å². The van der Waals surface area contributed by atoms with E-state index in [-0.39, 0.29) is 35.7 Å². The molecule has 258 valence electrons. The van der Waals surface area contributed by atoms with Crippen molar-refractivity contribution >= 4 is 23.6 Å². The molecule has 0 spiro atoms. The molecule has 13 nitrogen and oxygen atoms in total. The molecule has 6 heterocycles. The Morgan fingerprint density at radius 3 is 2.02 bits per heavy atom. The van der Waals surface area contributed by atoms with Crippen LogP contribution in [0.4, 0.5) is 4.79 Å². The highest BCUT2D eigenvalue weighted by atomic mass is 16.6. The molecule has 0 saturated carbocycles. The second-order valence-electron chi connectivity index (χ2n) is 13.6. The minimum atomic E-state index is -0.485. The predicted molar refractivity (Wildman–Crippen MR) is 178 cm³/mol. The van der Waals surface area contributed by atoms with Gasteiger partial charge in [0.05, 0.1) is 36.1 Å². The van der Waals surface area contributed by atoms with E-state index in [9.17, 15) is 9.59 Å². The maximum absolute atomic E-state index is 12.2. The molecule has 4 atom stereocenters. The van der Waals surface area contributed by atoms with Crippen LogP contribution in [-0.4, -0.2) is 95.5 Å². The van der Waals surface area contributed by atoms with Gasteiger partial charge in [0.15, 0.2) is 0 Å². The topological polar surface area (TPSA) is 152 Å². The molecule has 0 aliphatic carbocycles. The van der Waals surface area contributed by atoms with Crippen LogP contribution < -0.4 is 10.1 Å². The maximum Gasteiger partial charge on any atom is 0.410 e. The fraction of sp³-hybridized carbons (Fsp3) is 0.529. The summed E-state index contributed by atoms with van der Waals surface area (Å²) in [4.78, 5) is 23.6. The summed E-state index contributed by atoms with van der Waals surface area (Å²) in [6.45, 7) is 17.0. The normalized spacial score (nSPS) is 20.7. The zero-order valence-electron chi connectivity index (χ0n) is 28.7. The summed E-state index contributed by atoms with van der Waals surface area (Å²) in [5.41, 5.74) is 1.20. The first kappa shape index (κ1) is 37.1. The Labute approximate surface area is 276 Å². The SMILES string of the molecule is CC(C)(C)OC=O.C[C@H]1C[C@@H](Oc2ccc3ccnn3c2)CN1C(=O)OC(C)(C)C.C[C@H]1C[C@H](O)CN1.Oc1ccc2ccnn2c1. The first-order valence-corrected chi connectivity index (χ1v) is 15.8. The van der Waals surface area contributed by atoms with Gasteiger partial charge in [-0.3, -0.25) is 4.79 Å². The number of carbonyl (C=O) groups excluding carboxylic acids is 2. The molecule has 4 aromatic rings. The summed E-state index contributed by atoms with van der Waals surface area (Å²) in [5.74, 6) is 0.987. The van der Waals surface area contributed by atoms with E-state index in [0.29, 0.717) is 19.1 Å². The van der Waals surface area contributed by atoms with Gasteiger partial charge in [-0.1, -0.05) is 0 Å². The molecule has 47 heavy (non-hydrogen) atoms. The van der Waals surface area contributed by atoms with Gasteiger partial charge in [-0.2, -0.15) is 10.2 Å². The molecule has 6 rings (SSSR count). The van der Waals surface area contributed by atoms with E-state index < -0.39 is 5.60 Å². The number of hydrogen-bond acceptors (Lipinski definition) is 10. The van der Waals surface area contributed by atoms with Crippen LogP contribution in [-0.2, 0) is 14.3 Å². The van der Waals surface area contributed by atoms with Crippen LogP contribution in [0.3, 0.4) is 0 Å². The molecule has 1 amide bonds. The van der Waals surface area contributed by atoms with E-state index in [1.807, 2.05) is 85.0 Å². The first-order chi connectivity index (χ1) is 22.0. The van der Waals surface area contributed by atoms with Crippen molar-refractivity contribution in [2.24, 2.45) is 0 Å². The third kappa shape index (κ3) is 12.7. The predicted octanol–water partition coefficient (Wildman–Crippen LogP) is 4.84. The maximum atomic E-state index is 12.2. The third-order valence-electron chi connectivity index (χ3n) is 6.95. The highest BCUT2D eigenvalue weighted by Gasteiger charge is 2.36. The largest absolute Gasteiger partial charge is 0.506 e. The van der Waals surface area contributed by atoms with Crippen LogP contribution in [0, 0.1) is 0 Å². The Morgan fingerprint density at radius 1 is 0.915 bits per heavy atom. The summed E-state index contributed by atoms with van der Waals surface area (Å²) in [7, 11) is 0. The van der Waals surface area contributed by atoms with Crippen LogP contribution in [0.2, 0.25) is 0 Å². The summed E-state index contributed by atoms with van der Waals surface area (Å²) in [6, 6.07) is 11.8. The lowest BCUT2D eigenvalue weighted by Gasteiger charge is -2.26. The number of rotatable bonds is 3. The fourth-order valence-electron chi connectivity index (χ4n) is 4.76. The Morgan fingerprint density at radius 2 is 1.53 bits per heavy atom. The molecule has 0 bridgehead atoms. The highest BCUT2D eigenvalue weighted by Crippen LogP contribution is 2.25. The zero-order chi connectivity index (χ0) is 34.8. The Bertz CT molecular complexity index is 1550. The molecule has 0 unspecified atom stereocenters. The molecular formula is C34H50N6O7. The zero-order valence-corrected chi connectivity index (χ0v) is 28.7. The number of aliphatic hydroxyl groups is 1. The monoisotopic (exact) mass is 654 g/mol. The number of hydrogen-bond donors (Lipinski definition) is 3. The number of nitrogens with zero attached hydrogens (tertiary/aromatic N) is 5. The average molecular weight is 655 g/mol. The van der Waals surface area contributed by atoms with Crippen molar-refractivity contribution < 1.29 is 34.0 Å². The van der Waals surface area contributed by atoms with E-state index >= 15 is 0 Å². The summed E-state index contributed by atoms with van der Waals surface area (Å²) < 4.78 is 19.4. The van der Waals surface area contributed by atoms with Gasteiger partial charge in [-0.25, -0.2) is 13.8 Å². The van der Waals surface area contributed by atoms with E-state index in [0.717, 1.165) is 36.2 Å². The number of amides is 1. The average Bonchev–Trinajstić information content (AvgIpc) is 3.76. The summed E-state index contributed by atoms with van der Waals surface area (Å²) in [6.07, 6.45) is 8.16. The number of aromatic hydroxyl groups is 1. The van der Waals surface area contributed by atoms with Crippen molar-refractivity contribution in [3.8, 4) is 11.5 Å². The van der Waals surface area contributed by atoms with Crippen molar-refractivity contribution in [2.45, 2.75) is 104 Å². The van der Waals surface area contributed by atoms with Crippen LogP contribution >= 0.6 is 0 Å². The lowest BCUT2D eigenvalue weighted by molar-refractivity contribution is -0.138. The number of carbonyl (C=O) groups is 2. The number of likely N-dealkylation sites (tertiary alicyclic amines) is 1. The van der Waals surface area contributed by atoms with E-state index in [1.54, 1.807) is 38.6 Å². The fourth-order valence-corrected chi connectivity index (χ4v) is 4.76. The second-order valence-corrected chi connectivity index (χ2v) is 13.6. The van der Waals surface area contributed by atoms with E-state index in [2.05, 4.69) is 27.2 Å². The first-order valence-electron chi connectivity index (χ1n) is 15.8. The van der Waals surface area contributed by atoms with Crippen molar-refractivity contribution in [1.82, 2.24) is 29.4 Å². The molecule has 0 radical (unpaired) electrons. The second kappa shape index (κ2) is 16.5. The summed E-state index contributed by atoms with van der Waals surface area (Å²) in [5, 5.41) is 29.1. The number of fused-ring (bicyclic) bond motifs is 2. The van der Waals surface area contributed by atoms with Gasteiger partial charge in [0.1, 0.15) is 28.8 Å². The molecule has 4 aromatic heterocycles. The van der Waals surface area contributed by atoms with E-state index in [4.69, 9.17) is 19.7 Å². The van der Waals surface area contributed by atoms with Gasteiger partial charge in [-0.15, -0.1) is 0 Å². The number of aromatic nitrogens is 4. The number of nitrogens with one attached hydrogen (secondary N) is 1. The minimum Gasteiger partial charge on any atom is -0.506 e. The van der Waals surface area contributed by atoms with E-state index in [1.165, 1.54) is 0 Å². The standard InChI is InChI=1S/C17H23N3O3.C7H6N2O.C5H11NO.C5H10O2/c1-12-9-15(10-19(12)16(21)23-17(2,3)4)22-14-6-5-13-7-8-18-20(13)11-14;10-7-2-1-6-3-4-8-9(6)5-7;1-4-2-5(7)3-6-4;1-5(2,3)7-4-6/h5-8,11-12,15H,9-10H2,1-4H3;1-5,10H;4-7H,2-3H2,1H3;4H,1-3H3/t12-,15+;;4-,5-;/m0.0./s1. The van der Waals surface area contributed by atoms with Crippen molar-refractivity contribution in [3.05, 3.63) is 61.2 Å². The lowest BCUT2D eigenvalue weighted by Crippen LogP contribution is -2.39. The van der Waals surface area contributed by atoms with Crippen LogP contribution in [0.5, 0.6) is 11.5 Å². The number of β-amino-alcohol motifs (C(OH)–C–C–N with tert-alkyl or cyclic N) is 1. The number of aliphatic hydroxyl groups excluding tert-OH is 1. The van der Waals surface area contributed by atoms with Gasteiger partial charge in [0, 0.05) is 37.4 Å². The van der Waals surface area contributed by atoms with Crippen LogP contribution in [0.15, 0.2) is 61.2 Å². The minimum absolute atomic E-state index is 0.0365. The third-order valence-corrected chi connectivity index (χ3v) is 6.95. The van der Waals surface area contributed by atoms with Gasteiger partial charge in [-0.05, 0) is 98.2 Å². The van der Waals surface area contributed by atoms with Gasteiger partial charge in [0.25, 0.3) is 6.47 Å². The number of ether oxygens (including phenoxy) is 3. The molecule has 2 fully saturated rings. The van der Waals surface area contributed by atoms with Gasteiger partial charge < -0.3 is 34.6 Å². The number of pyridine rings is 2. The lowest BCUT2D eigenvalue weighted by atomic mass is 10.2. The quantitative estimate of drug-likeness (QED) is 0.262. The van der Waals surface area contributed by atoms with Gasteiger partial charge >= 0.3 is 6.09 Å². The Balaban J connectivity index is 0.000000204. The molecule has 2 aliphatic heterocycles. The Hall–Kier alpha value is -4.36. The molecule has 3 N–H and O–H groups in total.